The Morgan fingerprint density at radius 2 is 2.22 bits per heavy atom. The van der Waals surface area contributed by atoms with E-state index in [-0.39, 0.29) is 5.91 Å². The Labute approximate surface area is 116 Å². The number of amides is 1. The number of carbonyl (C=O) groups excluding carboxylic acids is 1. The van der Waals surface area contributed by atoms with Gasteiger partial charge in [-0.15, -0.1) is 0 Å². The number of rotatable bonds is 6. The molecule has 4 nitrogen and oxygen atoms in total. The number of hydrogen-bond donors (Lipinski definition) is 2. The number of carbonyl (C=O) groups is 1. The van der Waals surface area contributed by atoms with Crippen molar-refractivity contribution in [2.24, 2.45) is 0 Å². The Morgan fingerprint density at radius 1 is 1.50 bits per heavy atom. The summed E-state index contributed by atoms with van der Waals surface area (Å²) in [6.45, 7) is 1.01. The third-order valence-corrected chi connectivity index (χ3v) is 3.08. The molecule has 0 heterocycles. The highest BCUT2D eigenvalue weighted by Gasteiger charge is 2.08. The highest BCUT2D eigenvalue weighted by molar-refractivity contribution is 9.10. The number of aliphatic hydroxyl groups excluding tert-OH is 1. The Balaban J connectivity index is 2.29. The lowest BCUT2D eigenvalue weighted by Crippen LogP contribution is -2.28. The Morgan fingerprint density at radius 3 is 2.83 bits per heavy atom. The third kappa shape index (κ3) is 5.16. The standard InChI is InChI=1S/C13H19BrN2O2/c1-16(2)13(18)6-7-15-9-12(17)10-4-3-5-11(14)8-10/h3-5,8,12,15,17H,6-7,9H2,1-2H3. The van der Waals surface area contributed by atoms with Crippen LogP contribution >= 0.6 is 15.9 Å². The van der Waals surface area contributed by atoms with Crippen LogP contribution in [-0.2, 0) is 4.79 Å². The molecule has 0 saturated carbocycles. The van der Waals surface area contributed by atoms with E-state index in [9.17, 15) is 9.90 Å². The average Bonchev–Trinajstić information content (AvgIpc) is 2.33. The van der Waals surface area contributed by atoms with E-state index in [1.54, 1.807) is 19.0 Å². The van der Waals surface area contributed by atoms with E-state index in [0.29, 0.717) is 19.5 Å². The second-order valence-corrected chi connectivity index (χ2v) is 5.23. The van der Waals surface area contributed by atoms with Crippen LogP contribution in [0.2, 0.25) is 0 Å². The Hall–Kier alpha value is -0.910. The van der Waals surface area contributed by atoms with E-state index in [4.69, 9.17) is 0 Å². The maximum atomic E-state index is 11.3. The van der Waals surface area contributed by atoms with Crippen molar-refractivity contribution in [3.63, 3.8) is 0 Å². The van der Waals surface area contributed by atoms with Crippen molar-refractivity contribution in [1.29, 1.82) is 0 Å². The van der Waals surface area contributed by atoms with Crippen molar-refractivity contribution < 1.29 is 9.90 Å². The maximum absolute atomic E-state index is 11.3. The largest absolute Gasteiger partial charge is 0.387 e. The lowest BCUT2D eigenvalue weighted by atomic mass is 10.1. The SMILES string of the molecule is CN(C)C(=O)CCNCC(O)c1cccc(Br)c1. The van der Waals surface area contributed by atoms with Gasteiger partial charge >= 0.3 is 0 Å². The molecule has 1 atom stereocenters. The van der Waals surface area contributed by atoms with Crippen LogP contribution in [0.3, 0.4) is 0 Å². The van der Waals surface area contributed by atoms with Crippen molar-refractivity contribution in [1.82, 2.24) is 10.2 Å². The summed E-state index contributed by atoms with van der Waals surface area (Å²) in [6.07, 6.45) is -0.116. The number of hydrogen-bond acceptors (Lipinski definition) is 3. The van der Waals surface area contributed by atoms with Gasteiger partial charge in [0.1, 0.15) is 0 Å². The quantitative estimate of drug-likeness (QED) is 0.783. The molecule has 1 aromatic carbocycles. The molecule has 5 heteroatoms. The minimum absolute atomic E-state index is 0.0828. The van der Waals surface area contributed by atoms with Gasteiger partial charge in [0.15, 0.2) is 0 Å². The number of aliphatic hydroxyl groups is 1. The lowest BCUT2D eigenvalue weighted by molar-refractivity contribution is -0.128. The second kappa shape index (κ2) is 7.51. The summed E-state index contributed by atoms with van der Waals surface area (Å²) in [4.78, 5) is 12.9. The van der Waals surface area contributed by atoms with Crippen molar-refractivity contribution in [3.05, 3.63) is 34.3 Å². The Bertz CT molecular complexity index is 396. The molecule has 0 bridgehead atoms. The second-order valence-electron chi connectivity index (χ2n) is 4.31. The molecule has 18 heavy (non-hydrogen) atoms. The number of nitrogens with zero attached hydrogens (tertiary/aromatic N) is 1. The molecule has 0 fully saturated rings. The van der Waals surface area contributed by atoms with Crippen LogP contribution in [0.25, 0.3) is 0 Å². The highest BCUT2D eigenvalue weighted by Crippen LogP contribution is 2.17. The molecule has 100 valence electrons. The van der Waals surface area contributed by atoms with Crippen LogP contribution in [0, 0.1) is 0 Å². The smallest absolute Gasteiger partial charge is 0.223 e. The third-order valence-electron chi connectivity index (χ3n) is 2.59. The van der Waals surface area contributed by atoms with Crippen LogP contribution in [0.4, 0.5) is 0 Å². The summed E-state index contributed by atoms with van der Waals surface area (Å²) in [7, 11) is 3.47. The fourth-order valence-corrected chi connectivity index (χ4v) is 1.91. The number of nitrogens with one attached hydrogen (secondary N) is 1. The van der Waals surface area contributed by atoms with E-state index in [2.05, 4.69) is 21.2 Å². The molecular weight excluding hydrogens is 296 g/mol. The van der Waals surface area contributed by atoms with Gasteiger partial charge in [0.05, 0.1) is 6.10 Å². The van der Waals surface area contributed by atoms with Gasteiger partial charge in [0.25, 0.3) is 0 Å². The molecule has 1 amide bonds. The first-order valence-electron chi connectivity index (χ1n) is 5.85. The minimum atomic E-state index is -0.558. The zero-order valence-corrected chi connectivity index (χ0v) is 12.3. The van der Waals surface area contributed by atoms with E-state index < -0.39 is 6.10 Å². The molecule has 1 unspecified atom stereocenters. The average molecular weight is 315 g/mol. The predicted octanol–water partition coefficient (Wildman–Crippen LogP) is 1.55. The molecule has 0 spiro atoms. The molecule has 0 aliphatic carbocycles. The van der Waals surface area contributed by atoms with Crippen molar-refractivity contribution in [2.45, 2.75) is 12.5 Å². The highest BCUT2D eigenvalue weighted by atomic mass is 79.9. The van der Waals surface area contributed by atoms with Gasteiger partial charge in [0.2, 0.25) is 5.91 Å². The normalized spacial score (nSPS) is 12.2. The topological polar surface area (TPSA) is 52.6 Å². The first-order chi connectivity index (χ1) is 8.50. The molecular formula is C13H19BrN2O2. The zero-order chi connectivity index (χ0) is 13.5. The fourth-order valence-electron chi connectivity index (χ4n) is 1.49. The fraction of sp³-hybridized carbons (Fsp3) is 0.462. The van der Waals surface area contributed by atoms with Gasteiger partial charge in [-0.1, -0.05) is 28.1 Å². The zero-order valence-electron chi connectivity index (χ0n) is 10.7. The van der Waals surface area contributed by atoms with Gasteiger partial charge in [-0.2, -0.15) is 0 Å². The number of halogens is 1. The molecule has 1 rings (SSSR count). The van der Waals surface area contributed by atoms with Crippen molar-refractivity contribution in [2.75, 3.05) is 27.2 Å². The maximum Gasteiger partial charge on any atom is 0.223 e. The van der Waals surface area contributed by atoms with E-state index in [1.807, 2.05) is 24.3 Å². The van der Waals surface area contributed by atoms with Gasteiger partial charge in [-0.25, -0.2) is 0 Å². The van der Waals surface area contributed by atoms with Gasteiger partial charge in [-0.05, 0) is 17.7 Å². The molecule has 2 N–H and O–H groups in total. The summed E-state index contributed by atoms with van der Waals surface area (Å²) in [5.74, 6) is 0.0828. The summed E-state index contributed by atoms with van der Waals surface area (Å²) in [6, 6.07) is 7.57. The first-order valence-corrected chi connectivity index (χ1v) is 6.64. The van der Waals surface area contributed by atoms with E-state index in [0.717, 1.165) is 10.0 Å². The molecule has 0 radical (unpaired) electrons. The summed E-state index contributed by atoms with van der Waals surface area (Å²) in [5.41, 5.74) is 0.857. The van der Waals surface area contributed by atoms with Crippen LogP contribution < -0.4 is 5.32 Å². The Kier molecular flexibility index (Phi) is 6.32. The van der Waals surface area contributed by atoms with Crippen LogP contribution in [0.1, 0.15) is 18.1 Å². The monoisotopic (exact) mass is 314 g/mol. The molecule has 0 aliphatic heterocycles. The lowest BCUT2D eigenvalue weighted by Gasteiger charge is -2.14. The molecule has 0 aliphatic rings. The summed E-state index contributed by atoms with van der Waals surface area (Å²) < 4.78 is 0.946. The van der Waals surface area contributed by atoms with Gasteiger partial charge < -0.3 is 15.3 Å². The van der Waals surface area contributed by atoms with Crippen LogP contribution in [-0.4, -0.2) is 43.1 Å². The van der Waals surface area contributed by atoms with Crippen LogP contribution in [0.15, 0.2) is 28.7 Å². The molecule has 1 aromatic rings. The first kappa shape index (κ1) is 15.1. The predicted molar refractivity (Wildman–Crippen MR) is 75.3 cm³/mol. The van der Waals surface area contributed by atoms with Crippen molar-refractivity contribution in [3.8, 4) is 0 Å². The molecule has 0 saturated heterocycles. The van der Waals surface area contributed by atoms with E-state index in [1.165, 1.54) is 0 Å². The van der Waals surface area contributed by atoms with Gasteiger partial charge in [0, 0.05) is 38.1 Å². The minimum Gasteiger partial charge on any atom is -0.387 e. The summed E-state index contributed by atoms with van der Waals surface area (Å²) in [5, 5.41) is 13.0. The summed E-state index contributed by atoms with van der Waals surface area (Å²) >= 11 is 3.37. The van der Waals surface area contributed by atoms with Crippen molar-refractivity contribution >= 4 is 21.8 Å². The molecule has 0 aromatic heterocycles. The number of benzene rings is 1. The van der Waals surface area contributed by atoms with Crippen LogP contribution in [0.5, 0.6) is 0 Å². The van der Waals surface area contributed by atoms with E-state index >= 15 is 0 Å². The van der Waals surface area contributed by atoms with Gasteiger partial charge in [-0.3, -0.25) is 4.79 Å².